The number of hydrogen-bond acceptors (Lipinski definition) is 8. The molecule has 0 aromatic carbocycles. The SMILES string of the molecule is COc1nc(N)nc(N2CCOCC2C(N)=O)n1. The Morgan fingerprint density at radius 3 is 2.94 bits per heavy atom. The maximum atomic E-state index is 11.3. The molecule has 2 heterocycles. The summed E-state index contributed by atoms with van der Waals surface area (Å²) < 4.78 is 10.1. The van der Waals surface area contributed by atoms with Gasteiger partial charge in [-0.25, -0.2) is 0 Å². The average Bonchev–Trinajstić information content (AvgIpc) is 2.38. The van der Waals surface area contributed by atoms with Crippen LogP contribution in [0.2, 0.25) is 0 Å². The molecule has 1 unspecified atom stereocenters. The molecule has 1 amide bonds. The van der Waals surface area contributed by atoms with Gasteiger partial charge in [0.15, 0.2) is 0 Å². The highest BCUT2D eigenvalue weighted by molar-refractivity contribution is 5.83. The lowest BCUT2D eigenvalue weighted by molar-refractivity contribution is -0.121. The van der Waals surface area contributed by atoms with Crippen molar-refractivity contribution in [2.24, 2.45) is 5.73 Å². The molecule has 0 spiro atoms. The lowest BCUT2D eigenvalue weighted by Crippen LogP contribution is -2.53. The quantitative estimate of drug-likeness (QED) is 0.643. The van der Waals surface area contributed by atoms with Crippen LogP contribution in [-0.4, -0.2) is 53.8 Å². The van der Waals surface area contributed by atoms with E-state index in [-0.39, 0.29) is 24.5 Å². The van der Waals surface area contributed by atoms with Gasteiger partial charge in [0.05, 0.1) is 20.3 Å². The van der Waals surface area contributed by atoms with Gasteiger partial charge in [0.25, 0.3) is 0 Å². The zero-order valence-electron chi connectivity index (χ0n) is 9.87. The number of nitrogens with two attached hydrogens (primary N) is 2. The number of anilines is 2. The number of ether oxygens (including phenoxy) is 2. The molecule has 1 atom stereocenters. The highest BCUT2D eigenvalue weighted by atomic mass is 16.5. The van der Waals surface area contributed by atoms with Crippen molar-refractivity contribution >= 4 is 17.8 Å². The van der Waals surface area contributed by atoms with Crippen LogP contribution < -0.4 is 21.1 Å². The summed E-state index contributed by atoms with van der Waals surface area (Å²) in [5, 5.41) is 0. The molecule has 4 N–H and O–H groups in total. The van der Waals surface area contributed by atoms with Gasteiger partial charge in [0, 0.05) is 6.54 Å². The molecule has 0 radical (unpaired) electrons. The minimum atomic E-state index is -0.620. The van der Waals surface area contributed by atoms with Crippen molar-refractivity contribution in [1.82, 2.24) is 15.0 Å². The molecule has 1 aliphatic rings. The summed E-state index contributed by atoms with van der Waals surface area (Å²) in [6.07, 6.45) is 0. The third-order valence-electron chi connectivity index (χ3n) is 2.52. The number of morpholine rings is 1. The molecular weight excluding hydrogens is 240 g/mol. The Bertz CT molecular complexity index is 454. The summed E-state index contributed by atoms with van der Waals surface area (Å²) in [7, 11) is 1.42. The number of aromatic nitrogens is 3. The number of amides is 1. The maximum Gasteiger partial charge on any atom is 0.322 e. The van der Waals surface area contributed by atoms with Gasteiger partial charge in [-0.15, -0.1) is 0 Å². The molecule has 1 aromatic heterocycles. The van der Waals surface area contributed by atoms with Crippen molar-refractivity contribution in [3.05, 3.63) is 0 Å². The Kier molecular flexibility index (Phi) is 3.42. The molecule has 0 aliphatic carbocycles. The van der Waals surface area contributed by atoms with Gasteiger partial charge in [0.2, 0.25) is 17.8 Å². The molecule has 9 heteroatoms. The molecule has 0 saturated carbocycles. The summed E-state index contributed by atoms with van der Waals surface area (Å²) in [5.41, 5.74) is 10.9. The van der Waals surface area contributed by atoms with Gasteiger partial charge in [0.1, 0.15) is 6.04 Å². The van der Waals surface area contributed by atoms with Crippen LogP contribution in [0.3, 0.4) is 0 Å². The molecular formula is C9H14N6O3. The van der Waals surface area contributed by atoms with Crippen molar-refractivity contribution in [2.75, 3.05) is 37.5 Å². The minimum absolute atomic E-state index is 0.0200. The number of hydrogen-bond donors (Lipinski definition) is 2. The Balaban J connectivity index is 2.33. The van der Waals surface area contributed by atoms with Gasteiger partial charge in [-0.3, -0.25) is 4.79 Å². The molecule has 1 fully saturated rings. The fourth-order valence-electron chi connectivity index (χ4n) is 1.66. The van der Waals surface area contributed by atoms with E-state index in [1.165, 1.54) is 7.11 Å². The Morgan fingerprint density at radius 2 is 2.28 bits per heavy atom. The van der Waals surface area contributed by atoms with E-state index in [4.69, 9.17) is 20.9 Å². The first-order valence-electron chi connectivity index (χ1n) is 5.31. The van der Waals surface area contributed by atoms with Crippen molar-refractivity contribution in [1.29, 1.82) is 0 Å². The standard InChI is InChI=1S/C9H14N6O3/c1-17-9-13-7(11)12-8(14-9)15-2-3-18-4-5(15)6(10)16/h5H,2-4H2,1H3,(H2,10,16)(H2,11,12,13,14). The van der Waals surface area contributed by atoms with Crippen LogP contribution in [0.4, 0.5) is 11.9 Å². The summed E-state index contributed by atoms with van der Waals surface area (Å²) in [4.78, 5) is 24.8. The van der Waals surface area contributed by atoms with Crippen molar-refractivity contribution in [3.8, 4) is 6.01 Å². The Morgan fingerprint density at radius 1 is 1.50 bits per heavy atom. The largest absolute Gasteiger partial charge is 0.467 e. The number of carbonyl (C=O) groups excluding carboxylic acids is 1. The first-order valence-corrected chi connectivity index (χ1v) is 5.31. The number of primary amides is 1. The highest BCUT2D eigenvalue weighted by Gasteiger charge is 2.30. The van der Waals surface area contributed by atoms with Crippen LogP contribution in [0.25, 0.3) is 0 Å². The lowest BCUT2D eigenvalue weighted by Gasteiger charge is -2.33. The minimum Gasteiger partial charge on any atom is -0.467 e. The van der Waals surface area contributed by atoms with E-state index in [9.17, 15) is 4.79 Å². The number of methoxy groups -OCH3 is 1. The molecule has 9 nitrogen and oxygen atoms in total. The van der Waals surface area contributed by atoms with Crippen molar-refractivity contribution < 1.29 is 14.3 Å². The molecule has 1 saturated heterocycles. The van der Waals surface area contributed by atoms with Gasteiger partial charge in [-0.1, -0.05) is 0 Å². The maximum absolute atomic E-state index is 11.3. The fourth-order valence-corrected chi connectivity index (χ4v) is 1.66. The zero-order valence-corrected chi connectivity index (χ0v) is 9.87. The van der Waals surface area contributed by atoms with Crippen LogP contribution in [0.15, 0.2) is 0 Å². The predicted octanol–water partition coefficient (Wildman–Crippen LogP) is -1.85. The van der Waals surface area contributed by atoms with E-state index >= 15 is 0 Å². The molecule has 18 heavy (non-hydrogen) atoms. The summed E-state index contributed by atoms with van der Waals surface area (Å²) in [6.45, 7) is 1.10. The van der Waals surface area contributed by atoms with E-state index in [1.807, 2.05) is 0 Å². The number of carbonyl (C=O) groups is 1. The molecule has 1 aromatic rings. The molecule has 1 aliphatic heterocycles. The van der Waals surface area contributed by atoms with E-state index in [1.54, 1.807) is 4.90 Å². The fraction of sp³-hybridized carbons (Fsp3) is 0.556. The highest BCUT2D eigenvalue weighted by Crippen LogP contribution is 2.18. The van der Waals surface area contributed by atoms with Crippen LogP contribution >= 0.6 is 0 Å². The van der Waals surface area contributed by atoms with Crippen molar-refractivity contribution in [3.63, 3.8) is 0 Å². The Hall–Kier alpha value is -2.16. The van der Waals surface area contributed by atoms with Gasteiger partial charge >= 0.3 is 6.01 Å². The number of nitrogen functional groups attached to an aromatic ring is 1. The van der Waals surface area contributed by atoms with Crippen molar-refractivity contribution in [2.45, 2.75) is 6.04 Å². The van der Waals surface area contributed by atoms with Gasteiger partial charge in [-0.05, 0) is 0 Å². The lowest BCUT2D eigenvalue weighted by atomic mass is 10.2. The van der Waals surface area contributed by atoms with Crippen LogP contribution in [0.1, 0.15) is 0 Å². The third kappa shape index (κ3) is 2.40. The second kappa shape index (κ2) is 5.00. The molecule has 0 bridgehead atoms. The number of rotatable bonds is 3. The topological polar surface area (TPSA) is 129 Å². The normalized spacial score (nSPS) is 19.6. The summed E-state index contributed by atoms with van der Waals surface area (Å²) >= 11 is 0. The predicted molar refractivity (Wildman–Crippen MR) is 61.9 cm³/mol. The third-order valence-corrected chi connectivity index (χ3v) is 2.52. The first kappa shape index (κ1) is 12.3. The van der Waals surface area contributed by atoms with E-state index in [0.29, 0.717) is 13.2 Å². The summed E-state index contributed by atoms with van der Waals surface area (Å²) in [6, 6.07) is -0.530. The average molecular weight is 254 g/mol. The van der Waals surface area contributed by atoms with E-state index in [0.717, 1.165) is 0 Å². The molecule has 2 rings (SSSR count). The van der Waals surface area contributed by atoms with Crippen LogP contribution in [-0.2, 0) is 9.53 Å². The summed E-state index contributed by atoms with van der Waals surface area (Å²) in [5.74, 6) is -0.231. The molecule has 98 valence electrons. The number of nitrogens with zero attached hydrogens (tertiary/aromatic N) is 4. The van der Waals surface area contributed by atoms with Crippen LogP contribution in [0, 0.1) is 0 Å². The van der Waals surface area contributed by atoms with Crippen LogP contribution in [0.5, 0.6) is 6.01 Å². The first-order chi connectivity index (χ1) is 8.61. The monoisotopic (exact) mass is 254 g/mol. The zero-order chi connectivity index (χ0) is 13.1. The Labute approximate surface area is 103 Å². The smallest absolute Gasteiger partial charge is 0.322 e. The van der Waals surface area contributed by atoms with E-state index in [2.05, 4.69) is 15.0 Å². The van der Waals surface area contributed by atoms with Gasteiger partial charge in [-0.2, -0.15) is 15.0 Å². The second-order valence-corrected chi connectivity index (χ2v) is 3.67. The second-order valence-electron chi connectivity index (χ2n) is 3.67. The van der Waals surface area contributed by atoms with Gasteiger partial charge < -0.3 is 25.8 Å². The van der Waals surface area contributed by atoms with E-state index < -0.39 is 11.9 Å².